The number of hydrogen-bond acceptors (Lipinski definition) is 4. The van der Waals surface area contributed by atoms with Crippen molar-refractivity contribution in [3.8, 4) is 5.75 Å². The Kier molecular flexibility index (Phi) is 6.36. The van der Waals surface area contributed by atoms with Crippen LogP contribution in [-0.4, -0.2) is 28.0 Å². The van der Waals surface area contributed by atoms with Gasteiger partial charge in [0, 0.05) is 42.3 Å². The van der Waals surface area contributed by atoms with Gasteiger partial charge in [-0.2, -0.15) is 0 Å². The SMILES string of the molecule is Cc1ccc(C)c(Cn2c(C(=O)NCCc3ccccn3)cc3cc(OC(=O)C4CC4)ccc32)c1. The van der Waals surface area contributed by atoms with E-state index in [9.17, 15) is 9.59 Å². The quantitative estimate of drug-likeness (QED) is 0.293. The van der Waals surface area contributed by atoms with Crippen LogP contribution >= 0.6 is 0 Å². The molecule has 6 heteroatoms. The van der Waals surface area contributed by atoms with Crippen molar-refractivity contribution in [2.45, 2.75) is 39.7 Å². The second-order valence-corrected chi connectivity index (χ2v) is 9.29. The molecule has 2 aromatic carbocycles. The second-order valence-electron chi connectivity index (χ2n) is 9.29. The summed E-state index contributed by atoms with van der Waals surface area (Å²) in [5.41, 5.74) is 5.95. The molecule has 0 bridgehead atoms. The molecule has 1 aliphatic carbocycles. The number of pyridine rings is 1. The summed E-state index contributed by atoms with van der Waals surface area (Å²) in [6.45, 7) is 5.22. The average Bonchev–Trinajstić information content (AvgIpc) is 3.65. The van der Waals surface area contributed by atoms with E-state index < -0.39 is 0 Å². The lowest BCUT2D eigenvalue weighted by atomic mass is 10.1. The van der Waals surface area contributed by atoms with E-state index in [1.165, 1.54) is 11.1 Å². The van der Waals surface area contributed by atoms with E-state index >= 15 is 0 Å². The van der Waals surface area contributed by atoms with Gasteiger partial charge in [-0.25, -0.2) is 0 Å². The molecule has 5 rings (SSSR count). The smallest absolute Gasteiger partial charge is 0.314 e. The van der Waals surface area contributed by atoms with Crippen molar-refractivity contribution in [1.29, 1.82) is 0 Å². The van der Waals surface area contributed by atoms with Gasteiger partial charge in [-0.1, -0.05) is 29.8 Å². The van der Waals surface area contributed by atoms with Gasteiger partial charge < -0.3 is 14.6 Å². The highest BCUT2D eigenvalue weighted by atomic mass is 16.5. The van der Waals surface area contributed by atoms with Crippen LogP contribution in [0.5, 0.6) is 5.75 Å². The van der Waals surface area contributed by atoms with Gasteiger partial charge in [-0.3, -0.25) is 14.6 Å². The van der Waals surface area contributed by atoms with E-state index in [1.807, 2.05) is 47.0 Å². The maximum Gasteiger partial charge on any atom is 0.314 e. The number of aryl methyl sites for hydroxylation is 2. The molecule has 0 spiro atoms. The molecular formula is C29H29N3O3. The van der Waals surface area contributed by atoms with Crippen molar-refractivity contribution in [3.05, 3.63) is 94.9 Å². The number of benzene rings is 2. The van der Waals surface area contributed by atoms with Gasteiger partial charge in [-0.15, -0.1) is 0 Å². The zero-order chi connectivity index (χ0) is 24.4. The Morgan fingerprint density at radius 2 is 1.91 bits per heavy atom. The lowest BCUT2D eigenvalue weighted by Crippen LogP contribution is -2.28. The van der Waals surface area contributed by atoms with Crippen LogP contribution < -0.4 is 10.1 Å². The van der Waals surface area contributed by atoms with Gasteiger partial charge >= 0.3 is 5.97 Å². The first kappa shape index (κ1) is 22.8. The minimum absolute atomic E-state index is 0.0278. The first-order chi connectivity index (χ1) is 17.0. The maximum atomic E-state index is 13.3. The molecule has 2 aromatic heterocycles. The normalized spacial score (nSPS) is 13.1. The Morgan fingerprint density at radius 3 is 2.69 bits per heavy atom. The van der Waals surface area contributed by atoms with Crippen LogP contribution in [0.3, 0.4) is 0 Å². The summed E-state index contributed by atoms with van der Waals surface area (Å²) in [5, 5.41) is 3.91. The molecule has 35 heavy (non-hydrogen) atoms. The van der Waals surface area contributed by atoms with Gasteiger partial charge in [0.1, 0.15) is 11.4 Å². The fraction of sp³-hybridized carbons (Fsp3) is 0.276. The lowest BCUT2D eigenvalue weighted by molar-refractivity contribution is -0.135. The molecule has 1 aliphatic rings. The zero-order valence-corrected chi connectivity index (χ0v) is 20.1. The molecule has 178 valence electrons. The number of aromatic nitrogens is 2. The molecule has 1 fully saturated rings. The Balaban J connectivity index is 1.44. The van der Waals surface area contributed by atoms with Crippen molar-refractivity contribution in [2.75, 3.05) is 6.54 Å². The molecule has 0 saturated heterocycles. The van der Waals surface area contributed by atoms with Crippen molar-refractivity contribution in [3.63, 3.8) is 0 Å². The van der Waals surface area contributed by atoms with Crippen molar-refractivity contribution in [1.82, 2.24) is 14.9 Å². The Hall–Kier alpha value is -3.93. The summed E-state index contributed by atoms with van der Waals surface area (Å²) in [4.78, 5) is 29.8. The summed E-state index contributed by atoms with van der Waals surface area (Å²) in [7, 11) is 0. The van der Waals surface area contributed by atoms with Crippen LogP contribution in [0.15, 0.2) is 66.9 Å². The number of nitrogens with one attached hydrogen (secondary N) is 1. The molecule has 1 saturated carbocycles. The fourth-order valence-electron chi connectivity index (χ4n) is 4.27. The minimum Gasteiger partial charge on any atom is -0.426 e. The van der Waals surface area contributed by atoms with Gasteiger partial charge in [0.25, 0.3) is 5.91 Å². The van der Waals surface area contributed by atoms with Gasteiger partial charge in [-0.05, 0) is 74.2 Å². The number of carbonyl (C=O) groups excluding carboxylic acids is 2. The molecule has 1 amide bonds. The molecule has 4 aromatic rings. The van der Waals surface area contributed by atoms with E-state index in [0.29, 0.717) is 31.0 Å². The highest BCUT2D eigenvalue weighted by molar-refractivity contribution is 5.99. The van der Waals surface area contributed by atoms with E-state index in [0.717, 1.165) is 35.0 Å². The summed E-state index contributed by atoms with van der Waals surface area (Å²) < 4.78 is 7.61. The minimum atomic E-state index is -0.174. The predicted molar refractivity (Wildman–Crippen MR) is 136 cm³/mol. The molecule has 2 heterocycles. The van der Waals surface area contributed by atoms with E-state index in [4.69, 9.17) is 4.74 Å². The number of rotatable bonds is 8. The van der Waals surface area contributed by atoms with Crippen molar-refractivity contribution in [2.24, 2.45) is 5.92 Å². The Morgan fingerprint density at radius 1 is 1.06 bits per heavy atom. The largest absolute Gasteiger partial charge is 0.426 e. The molecule has 6 nitrogen and oxygen atoms in total. The third-order valence-corrected chi connectivity index (χ3v) is 6.46. The number of amides is 1. The Bertz CT molecular complexity index is 1390. The second kappa shape index (κ2) is 9.74. The van der Waals surface area contributed by atoms with Crippen LogP contribution in [0, 0.1) is 19.8 Å². The third-order valence-electron chi connectivity index (χ3n) is 6.46. The van der Waals surface area contributed by atoms with Gasteiger partial charge in [0.2, 0.25) is 0 Å². The third kappa shape index (κ3) is 5.27. The predicted octanol–water partition coefficient (Wildman–Crippen LogP) is 4.99. The highest BCUT2D eigenvalue weighted by Crippen LogP contribution is 2.32. The van der Waals surface area contributed by atoms with Crippen molar-refractivity contribution >= 4 is 22.8 Å². The van der Waals surface area contributed by atoms with Gasteiger partial charge in [0.15, 0.2) is 0 Å². The van der Waals surface area contributed by atoms with E-state index in [1.54, 1.807) is 6.20 Å². The molecule has 0 aliphatic heterocycles. The van der Waals surface area contributed by atoms with E-state index in [2.05, 4.69) is 42.3 Å². The van der Waals surface area contributed by atoms with Crippen molar-refractivity contribution < 1.29 is 14.3 Å². The topological polar surface area (TPSA) is 73.2 Å². The summed E-state index contributed by atoms with van der Waals surface area (Å²) in [6, 6.07) is 19.6. The highest BCUT2D eigenvalue weighted by Gasteiger charge is 2.31. The number of nitrogens with zero attached hydrogens (tertiary/aromatic N) is 2. The zero-order valence-electron chi connectivity index (χ0n) is 20.1. The number of esters is 1. The molecular weight excluding hydrogens is 438 g/mol. The van der Waals surface area contributed by atoms with Crippen LogP contribution in [-0.2, 0) is 17.8 Å². The number of fused-ring (bicyclic) bond motifs is 1. The van der Waals surface area contributed by atoms with E-state index in [-0.39, 0.29) is 17.8 Å². The summed E-state index contributed by atoms with van der Waals surface area (Å²) >= 11 is 0. The maximum absolute atomic E-state index is 13.3. The summed E-state index contributed by atoms with van der Waals surface area (Å²) in [5.74, 6) is 0.228. The van der Waals surface area contributed by atoms with Crippen LogP contribution in [0.25, 0.3) is 10.9 Å². The first-order valence-electron chi connectivity index (χ1n) is 12.1. The first-order valence-corrected chi connectivity index (χ1v) is 12.1. The fourth-order valence-corrected chi connectivity index (χ4v) is 4.27. The monoisotopic (exact) mass is 467 g/mol. The molecule has 1 N–H and O–H groups in total. The molecule has 0 atom stereocenters. The average molecular weight is 468 g/mol. The van der Waals surface area contributed by atoms with Crippen LogP contribution in [0.4, 0.5) is 0 Å². The number of ether oxygens (including phenoxy) is 1. The number of hydrogen-bond donors (Lipinski definition) is 1. The standard InChI is InChI=1S/C29H29N3O3/c1-19-6-7-20(2)23(15-19)18-32-26-11-10-25(35-29(34)21-8-9-21)16-22(26)17-27(32)28(33)31-14-12-24-5-3-4-13-30-24/h3-7,10-11,13,15-17,21H,8-9,12,14,18H2,1-2H3,(H,31,33). The number of carbonyl (C=O) groups is 2. The lowest BCUT2D eigenvalue weighted by Gasteiger charge is -2.14. The van der Waals surface area contributed by atoms with Crippen LogP contribution in [0.1, 0.15) is 45.7 Å². The molecule has 0 radical (unpaired) electrons. The summed E-state index contributed by atoms with van der Waals surface area (Å²) in [6.07, 6.45) is 4.21. The van der Waals surface area contributed by atoms with Gasteiger partial charge in [0.05, 0.1) is 5.92 Å². The molecule has 0 unspecified atom stereocenters. The Labute approximate surface area is 204 Å². The van der Waals surface area contributed by atoms with Crippen LogP contribution in [0.2, 0.25) is 0 Å².